The van der Waals surface area contributed by atoms with Crippen molar-refractivity contribution in [2.75, 3.05) is 6.54 Å². The second-order valence-corrected chi connectivity index (χ2v) is 4.82. The number of benzene rings is 1. The van der Waals surface area contributed by atoms with Crippen LogP contribution in [0.2, 0.25) is 0 Å². The largest absolute Gasteiger partial charge is 0.449 e. The topological polar surface area (TPSA) is 55.4 Å². The molecule has 0 saturated carbocycles. The van der Waals surface area contributed by atoms with E-state index in [0.717, 1.165) is 12.5 Å². The summed E-state index contributed by atoms with van der Waals surface area (Å²) >= 11 is 3.08. The summed E-state index contributed by atoms with van der Waals surface area (Å²) in [4.78, 5) is 23.4. The highest BCUT2D eigenvalue weighted by Crippen LogP contribution is 2.19. The first-order valence-corrected chi connectivity index (χ1v) is 6.68. The third kappa shape index (κ3) is 4.63. The third-order valence-electron chi connectivity index (χ3n) is 2.35. The van der Waals surface area contributed by atoms with Crippen LogP contribution in [0.5, 0.6) is 0 Å². The maximum Gasteiger partial charge on any atom is 0.340 e. The van der Waals surface area contributed by atoms with E-state index in [1.54, 1.807) is 0 Å². The molecule has 1 amide bonds. The molecule has 1 rings (SSSR count). The number of esters is 1. The van der Waals surface area contributed by atoms with Gasteiger partial charge in [-0.05, 0) is 47.5 Å². The van der Waals surface area contributed by atoms with Gasteiger partial charge in [-0.3, -0.25) is 4.79 Å². The molecule has 0 fully saturated rings. The highest BCUT2D eigenvalue weighted by Gasteiger charge is 2.20. The molecule has 0 saturated heterocycles. The fourth-order valence-electron chi connectivity index (χ4n) is 1.32. The molecule has 4 nitrogen and oxygen atoms in total. The maximum absolute atomic E-state index is 12.9. The molecule has 104 valence electrons. The summed E-state index contributed by atoms with van der Waals surface area (Å²) in [7, 11) is 0. The van der Waals surface area contributed by atoms with Crippen molar-refractivity contribution in [2.24, 2.45) is 0 Å². The van der Waals surface area contributed by atoms with Crippen LogP contribution in [0.4, 0.5) is 4.39 Å². The minimum Gasteiger partial charge on any atom is -0.449 e. The van der Waals surface area contributed by atoms with Crippen molar-refractivity contribution in [3.05, 3.63) is 34.1 Å². The van der Waals surface area contributed by atoms with E-state index in [0.29, 0.717) is 11.0 Å². The monoisotopic (exact) mass is 331 g/mol. The molecule has 1 aromatic carbocycles. The Hall–Kier alpha value is -1.43. The predicted molar refractivity (Wildman–Crippen MR) is 72.3 cm³/mol. The Morgan fingerprint density at radius 2 is 2.16 bits per heavy atom. The van der Waals surface area contributed by atoms with Crippen molar-refractivity contribution in [2.45, 2.75) is 26.4 Å². The Kier molecular flexibility index (Phi) is 5.95. The first-order valence-electron chi connectivity index (χ1n) is 5.89. The molecule has 0 spiro atoms. The lowest BCUT2D eigenvalue weighted by atomic mass is 10.2. The van der Waals surface area contributed by atoms with Crippen LogP contribution in [0.1, 0.15) is 30.6 Å². The zero-order chi connectivity index (χ0) is 14.4. The minimum absolute atomic E-state index is 0.177. The predicted octanol–water partition coefficient (Wildman–Crippen LogP) is 2.66. The number of nitrogens with one attached hydrogen (secondary N) is 1. The Morgan fingerprint density at radius 1 is 1.47 bits per heavy atom. The van der Waals surface area contributed by atoms with Crippen molar-refractivity contribution in [3.8, 4) is 0 Å². The summed E-state index contributed by atoms with van der Waals surface area (Å²) in [6.45, 7) is 3.94. The number of rotatable bonds is 5. The van der Waals surface area contributed by atoms with Gasteiger partial charge in [0, 0.05) is 11.0 Å². The molecule has 0 heterocycles. The smallest absolute Gasteiger partial charge is 0.340 e. The number of hydrogen-bond acceptors (Lipinski definition) is 3. The van der Waals surface area contributed by atoms with Crippen molar-refractivity contribution in [1.29, 1.82) is 0 Å². The summed E-state index contributed by atoms with van der Waals surface area (Å²) in [6.07, 6.45) is -0.0911. The lowest BCUT2D eigenvalue weighted by Gasteiger charge is -2.13. The van der Waals surface area contributed by atoms with Gasteiger partial charge in [-0.15, -0.1) is 0 Å². The minimum atomic E-state index is -0.893. The van der Waals surface area contributed by atoms with Gasteiger partial charge in [-0.2, -0.15) is 0 Å². The Labute approximate surface area is 119 Å². The molecule has 0 aliphatic carbocycles. The van der Waals surface area contributed by atoms with Gasteiger partial charge in [0.05, 0.1) is 5.56 Å². The molecular formula is C13H15BrFNO3. The number of ether oxygens (including phenoxy) is 1. The van der Waals surface area contributed by atoms with Gasteiger partial charge >= 0.3 is 5.97 Å². The Morgan fingerprint density at radius 3 is 2.74 bits per heavy atom. The van der Waals surface area contributed by atoms with E-state index in [4.69, 9.17) is 4.74 Å². The van der Waals surface area contributed by atoms with Crippen molar-refractivity contribution >= 4 is 27.8 Å². The highest BCUT2D eigenvalue weighted by atomic mass is 79.9. The van der Waals surface area contributed by atoms with E-state index in [9.17, 15) is 14.0 Å². The average molecular weight is 332 g/mol. The van der Waals surface area contributed by atoms with Crippen LogP contribution in [0, 0.1) is 5.82 Å². The van der Waals surface area contributed by atoms with E-state index in [1.807, 2.05) is 6.92 Å². The first-order chi connectivity index (χ1) is 8.95. The Balaban J connectivity index is 2.66. The fourth-order valence-corrected chi connectivity index (χ4v) is 1.84. The standard InChI is InChI=1S/C13H15BrFNO3/c1-3-6-16-12(17)8(2)19-13(18)10-5-4-9(15)7-11(10)14/h4-5,7-8H,3,6H2,1-2H3,(H,16,17)/t8-/m0/s1. The van der Waals surface area contributed by atoms with Crippen molar-refractivity contribution < 1.29 is 18.7 Å². The lowest BCUT2D eigenvalue weighted by molar-refractivity contribution is -0.129. The van der Waals surface area contributed by atoms with Gasteiger partial charge in [0.15, 0.2) is 6.10 Å². The molecule has 0 aromatic heterocycles. The van der Waals surface area contributed by atoms with Crippen LogP contribution in [0.3, 0.4) is 0 Å². The SMILES string of the molecule is CCCNC(=O)[C@H](C)OC(=O)c1ccc(F)cc1Br. The summed E-state index contributed by atoms with van der Waals surface area (Å²) < 4.78 is 18.2. The zero-order valence-corrected chi connectivity index (χ0v) is 12.3. The van der Waals surface area contributed by atoms with E-state index < -0.39 is 17.9 Å². The normalized spacial score (nSPS) is 11.8. The van der Waals surface area contributed by atoms with Gasteiger partial charge in [0.1, 0.15) is 5.82 Å². The quantitative estimate of drug-likeness (QED) is 0.844. The van der Waals surface area contributed by atoms with E-state index in [2.05, 4.69) is 21.2 Å². The van der Waals surface area contributed by atoms with Crippen LogP contribution in [0.25, 0.3) is 0 Å². The van der Waals surface area contributed by atoms with Gasteiger partial charge < -0.3 is 10.1 Å². The van der Waals surface area contributed by atoms with Crippen LogP contribution in [0.15, 0.2) is 22.7 Å². The molecule has 1 aromatic rings. The van der Waals surface area contributed by atoms with Gasteiger partial charge in [0.25, 0.3) is 5.91 Å². The first kappa shape index (κ1) is 15.6. The molecule has 0 aliphatic rings. The van der Waals surface area contributed by atoms with Crippen LogP contribution in [-0.4, -0.2) is 24.5 Å². The molecule has 19 heavy (non-hydrogen) atoms. The summed E-state index contributed by atoms with van der Waals surface area (Å²) in [5.41, 5.74) is 0.177. The molecule has 6 heteroatoms. The fraction of sp³-hybridized carbons (Fsp3) is 0.385. The molecule has 0 bridgehead atoms. The zero-order valence-electron chi connectivity index (χ0n) is 10.7. The molecule has 0 aliphatic heterocycles. The summed E-state index contributed by atoms with van der Waals surface area (Å²) in [6, 6.07) is 3.63. The summed E-state index contributed by atoms with van der Waals surface area (Å²) in [5, 5.41) is 2.62. The number of carbonyl (C=O) groups is 2. The molecule has 1 N–H and O–H groups in total. The third-order valence-corrected chi connectivity index (χ3v) is 3.01. The summed E-state index contributed by atoms with van der Waals surface area (Å²) in [5.74, 6) is -1.49. The van der Waals surface area contributed by atoms with Crippen LogP contribution >= 0.6 is 15.9 Å². The molecular weight excluding hydrogens is 317 g/mol. The maximum atomic E-state index is 12.9. The van der Waals surface area contributed by atoms with Crippen LogP contribution in [-0.2, 0) is 9.53 Å². The molecule has 0 unspecified atom stereocenters. The van der Waals surface area contributed by atoms with Crippen LogP contribution < -0.4 is 5.32 Å². The average Bonchev–Trinajstić information content (AvgIpc) is 2.35. The Bertz CT molecular complexity index is 479. The number of carbonyl (C=O) groups excluding carboxylic acids is 2. The number of amides is 1. The molecule has 1 atom stereocenters. The van der Waals surface area contributed by atoms with Gasteiger partial charge in [0.2, 0.25) is 0 Å². The number of hydrogen-bond donors (Lipinski definition) is 1. The highest BCUT2D eigenvalue weighted by molar-refractivity contribution is 9.10. The molecule has 0 radical (unpaired) electrons. The van der Waals surface area contributed by atoms with E-state index in [1.165, 1.54) is 19.1 Å². The van der Waals surface area contributed by atoms with Crippen molar-refractivity contribution in [3.63, 3.8) is 0 Å². The number of halogens is 2. The second kappa shape index (κ2) is 7.23. The lowest BCUT2D eigenvalue weighted by Crippen LogP contribution is -2.36. The van der Waals surface area contributed by atoms with Crippen molar-refractivity contribution in [1.82, 2.24) is 5.32 Å². The van der Waals surface area contributed by atoms with Gasteiger partial charge in [-0.25, -0.2) is 9.18 Å². The van der Waals surface area contributed by atoms with E-state index >= 15 is 0 Å². The van der Waals surface area contributed by atoms with E-state index in [-0.39, 0.29) is 11.5 Å². The second-order valence-electron chi connectivity index (χ2n) is 3.96. The van der Waals surface area contributed by atoms with Gasteiger partial charge in [-0.1, -0.05) is 6.92 Å².